The summed E-state index contributed by atoms with van der Waals surface area (Å²) in [5, 5.41) is 0. The minimum Gasteiger partial charge on any atom is -0.463 e. The van der Waals surface area contributed by atoms with Crippen LogP contribution in [0.2, 0.25) is 0 Å². The van der Waals surface area contributed by atoms with Crippen molar-refractivity contribution in [1.29, 1.82) is 0 Å². The van der Waals surface area contributed by atoms with E-state index in [1.165, 1.54) is 25.1 Å². The van der Waals surface area contributed by atoms with E-state index in [-0.39, 0.29) is 61.2 Å². The van der Waals surface area contributed by atoms with E-state index in [0.29, 0.717) is 57.2 Å². The number of nitrogens with zero attached hydrogens (tertiary/aromatic N) is 7. The molecule has 6 rings (SSSR count). The van der Waals surface area contributed by atoms with Crippen LogP contribution in [0.3, 0.4) is 0 Å². The van der Waals surface area contributed by atoms with Crippen LogP contribution in [0.1, 0.15) is 41.6 Å². The number of halogens is 5. The van der Waals surface area contributed by atoms with Crippen LogP contribution < -0.4 is 14.5 Å². The van der Waals surface area contributed by atoms with Crippen LogP contribution in [0, 0.1) is 18.9 Å². The molecule has 1 aliphatic carbocycles. The first-order valence-corrected chi connectivity index (χ1v) is 15.9. The predicted molar refractivity (Wildman–Crippen MR) is 166 cm³/mol. The van der Waals surface area contributed by atoms with E-state index in [9.17, 15) is 26.7 Å². The van der Waals surface area contributed by atoms with Crippen molar-refractivity contribution in [3.05, 3.63) is 64.7 Å². The minimum atomic E-state index is -4.54. The van der Waals surface area contributed by atoms with Crippen molar-refractivity contribution in [1.82, 2.24) is 19.8 Å². The predicted octanol–water partition coefficient (Wildman–Crippen LogP) is 4.99. The molecule has 4 heterocycles. The number of carbonyl (C=O) groups excluding carboxylic acids is 1. The number of hydrogen-bond acceptors (Lipinski definition) is 7. The molecule has 3 aliphatic heterocycles. The average molecular weight is 660 g/mol. The van der Waals surface area contributed by atoms with E-state index in [0.717, 1.165) is 18.4 Å². The summed E-state index contributed by atoms with van der Waals surface area (Å²) >= 11 is 0. The molecule has 1 unspecified atom stereocenters. The molecular formula is C33H38F5N7O2. The number of likely N-dealkylation sites (tertiary alicyclic amines) is 1. The number of aryl methyl sites for hydroxylation is 1. The van der Waals surface area contributed by atoms with Crippen molar-refractivity contribution in [3.63, 3.8) is 0 Å². The van der Waals surface area contributed by atoms with Crippen molar-refractivity contribution >= 4 is 17.4 Å². The Kier molecular flexibility index (Phi) is 8.80. The van der Waals surface area contributed by atoms with Gasteiger partial charge in [0.2, 0.25) is 12.5 Å². The highest BCUT2D eigenvalue weighted by atomic mass is 19.4. The second kappa shape index (κ2) is 12.6. The summed E-state index contributed by atoms with van der Waals surface area (Å²) in [6.07, 6.45) is -1.43. The normalized spacial score (nSPS) is 22.1. The molecule has 252 valence electrons. The number of amides is 1. The van der Waals surface area contributed by atoms with Crippen LogP contribution >= 0.6 is 0 Å². The Hall–Kier alpha value is -3.99. The summed E-state index contributed by atoms with van der Waals surface area (Å²) in [4.78, 5) is 32.7. The molecule has 47 heavy (non-hydrogen) atoms. The summed E-state index contributed by atoms with van der Waals surface area (Å²) in [5.41, 5.74) is 0.589. The van der Waals surface area contributed by atoms with Crippen LogP contribution in [-0.4, -0.2) is 96.6 Å². The van der Waals surface area contributed by atoms with E-state index in [2.05, 4.69) is 11.4 Å². The molecule has 0 N–H and O–H groups in total. The molecule has 2 saturated heterocycles. The van der Waals surface area contributed by atoms with E-state index >= 15 is 0 Å². The fourth-order valence-electron chi connectivity index (χ4n) is 7.08. The summed E-state index contributed by atoms with van der Waals surface area (Å²) in [6.45, 7) is 14.8. The fourth-order valence-corrected chi connectivity index (χ4v) is 7.08. The van der Waals surface area contributed by atoms with E-state index < -0.39 is 23.7 Å². The van der Waals surface area contributed by atoms with Gasteiger partial charge in [0.25, 0.3) is 5.92 Å². The number of hydrogen-bond donors (Lipinski definition) is 0. The van der Waals surface area contributed by atoms with Crippen molar-refractivity contribution in [2.45, 2.75) is 57.3 Å². The highest BCUT2D eigenvalue weighted by Crippen LogP contribution is 2.48. The van der Waals surface area contributed by atoms with Crippen LogP contribution in [0.25, 0.3) is 4.85 Å². The number of ether oxygens (including phenoxy) is 1. The second-order valence-electron chi connectivity index (χ2n) is 13.2. The van der Waals surface area contributed by atoms with Gasteiger partial charge in [-0.15, -0.1) is 0 Å². The van der Waals surface area contributed by atoms with Gasteiger partial charge < -0.3 is 24.3 Å². The van der Waals surface area contributed by atoms with Crippen molar-refractivity contribution in [3.8, 4) is 6.01 Å². The Bertz CT molecular complexity index is 1570. The molecule has 1 atom stereocenters. The lowest BCUT2D eigenvalue weighted by Gasteiger charge is -2.41. The highest BCUT2D eigenvalue weighted by molar-refractivity contribution is 5.87. The first kappa shape index (κ1) is 32.9. The molecule has 1 amide bonds. The second-order valence-corrected chi connectivity index (χ2v) is 13.2. The molecular weight excluding hydrogens is 621 g/mol. The van der Waals surface area contributed by atoms with E-state index in [4.69, 9.17) is 21.3 Å². The van der Waals surface area contributed by atoms with Gasteiger partial charge in [-0.2, -0.15) is 23.1 Å². The average Bonchev–Trinajstić information content (AvgIpc) is 3.71. The third kappa shape index (κ3) is 7.00. The number of fused-ring (bicyclic) bond motifs is 1. The summed E-state index contributed by atoms with van der Waals surface area (Å²) in [5.74, 6) is -2.37. The zero-order chi connectivity index (χ0) is 33.6. The van der Waals surface area contributed by atoms with Gasteiger partial charge in [-0.05, 0) is 43.9 Å². The smallest absolute Gasteiger partial charge is 0.418 e. The van der Waals surface area contributed by atoms with Gasteiger partial charge >= 0.3 is 12.2 Å². The summed E-state index contributed by atoms with van der Waals surface area (Å²) in [6, 6.07) is 4.21. The molecule has 9 nitrogen and oxygen atoms in total. The molecule has 1 aromatic heterocycles. The Morgan fingerprint density at radius 3 is 2.60 bits per heavy atom. The number of anilines is 2. The first-order valence-electron chi connectivity index (χ1n) is 15.9. The third-order valence-electron chi connectivity index (χ3n) is 9.71. The maximum Gasteiger partial charge on any atom is 0.418 e. The maximum atomic E-state index is 14.2. The molecule has 0 bridgehead atoms. The largest absolute Gasteiger partial charge is 0.463 e. The van der Waals surface area contributed by atoms with Crippen LogP contribution in [0.4, 0.5) is 33.5 Å². The molecule has 1 aromatic carbocycles. The topological polar surface area (TPSA) is 69.4 Å². The number of carbonyl (C=O) groups is 1. The standard InChI is InChI=1S/C33H38F5N7O2/c1-4-27(46)45-15-14-44(17-23(45)16-39-3)29-24-8-12-43(26-7-5-6-22(2)28(26)33(36,37)38)18-25(24)40-30(41-29)47-21-31(9-10-31)19-42-13-11-32(34,35)20-42/h4-7,23H,1,8-21H2,2H3. The van der Waals surface area contributed by atoms with Crippen molar-refractivity contribution in [2.24, 2.45) is 5.41 Å². The summed E-state index contributed by atoms with van der Waals surface area (Å²) in [7, 11) is 0. The Balaban J connectivity index is 1.30. The zero-order valence-electron chi connectivity index (χ0n) is 26.3. The molecule has 3 fully saturated rings. The Labute approximate surface area is 270 Å². The molecule has 1 saturated carbocycles. The van der Waals surface area contributed by atoms with Crippen molar-refractivity contribution < 1.29 is 31.5 Å². The van der Waals surface area contributed by atoms with Gasteiger partial charge in [-0.1, -0.05) is 18.7 Å². The molecule has 0 radical (unpaired) electrons. The van der Waals surface area contributed by atoms with Gasteiger partial charge in [0, 0.05) is 62.4 Å². The third-order valence-corrected chi connectivity index (χ3v) is 9.71. The number of rotatable bonds is 9. The lowest BCUT2D eigenvalue weighted by atomic mass is 10.00. The van der Waals surface area contributed by atoms with Crippen LogP contribution in [-0.2, 0) is 23.9 Å². The van der Waals surface area contributed by atoms with Gasteiger partial charge in [0.15, 0.2) is 0 Å². The van der Waals surface area contributed by atoms with Gasteiger partial charge in [0.1, 0.15) is 11.9 Å². The SMILES string of the molecule is [C-]#[N+]CC1CN(c2nc(OCC3(CN4CCC(F)(F)C4)CC3)nc3c2CCN(c2cccc(C)c2C(F)(F)F)C3)CCN1C(=O)C=C. The number of piperazine rings is 1. The lowest BCUT2D eigenvalue weighted by Crippen LogP contribution is -2.56. The van der Waals surface area contributed by atoms with Crippen molar-refractivity contribution in [2.75, 3.05) is 68.8 Å². The number of alkyl halides is 5. The lowest BCUT2D eigenvalue weighted by molar-refractivity contribution is -0.137. The maximum absolute atomic E-state index is 14.2. The number of benzene rings is 1. The van der Waals surface area contributed by atoms with Gasteiger partial charge in [-0.3, -0.25) is 9.69 Å². The van der Waals surface area contributed by atoms with E-state index in [1.807, 2.05) is 4.90 Å². The molecule has 14 heteroatoms. The Morgan fingerprint density at radius 2 is 1.94 bits per heavy atom. The summed E-state index contributed by atoms with van der Waals surface area (Å²) < 4.78 is 76.4. The quantitative estimate of drug-likeness (QED) is 0.214. The highest BCUT2D eigenvalue weighted by Gasteiger charge is 2.48. The number of aromatic nitrogens is 2. The molecule has 2 aromatic rings. The van der Waals surface area contributed by atoms with Crippen LogP contribution in [0.5, 0.6) is 6.01 Å². The monoisotopic (exact) mass is 659 g/mol. The zero-order valence-corrected chi connectivity index (χ0v) is 26.3. The fraction of sp³-hybridized carbons (Fsp3) is 0.576. The first-order chi connectivity index (χ1) is 22.3. The molecule has 0 spiro atoms. The van der Waals surface area contributed by atoms with Crippen LogP contribution in [0.15, 0.2) is 30.9 Å². The van der Waals surface area contributed by atoms with Gasteiger partial charge in [0.05, 0.1) is 31.0 Å². The Morgan fingerprint density at radius 1 is 1.15 bits per heavy atom. The molecule has 4 aliphatic rings. The van der Waals surface area contributed by atoms with Gasteiger partial charge in [-0.25, -0.2) is 15.4 Å². The minimum absolute atomic E-state index is 0.0743. The van der Waals surface area contributed by atoms with E-state index in [1.54, 1.807) is 20.8 Å².